The van der Waals surface area contributed by atoms with Crippen LogP contribution in [0.15, 0.2) is 11.0 Å². The average molecular weight is 258 g/mol. The molecule has 1 heterocycles. The molecule has 2 atom stereocenters. The molecule has 2 N–H and O–H groups in total. The number of methoxy groups -OCH3 is 1. The fraction of sp³-hybridized carbons (Fsp3) is 0.636. The first kappa shape index (κ1) is 12.4. The molecule has 2 rings (SSSR count). The van der Waals surface area contributed by atoms with Gasteiger partial charge >= 0.3 is 0 Å². The summed E-state index contributed by atoms with van der Waals surface area (Å²) in [6.45, 7) is 4.24. The Hall–Kier alpha value is -1.07. The van der Waals surface area contributed by atoms with Crippen LogP contribution in [-0.2, 0) is 4.74 Å². The summed E-state index contributed by atoms with van der Waals surface area (Å²) in [5.74, 6) is 0. The Bertz CT molecular complexity index is 472. The van der Waals surface area contributed by atoms with Gasteiger partial charge in [0.15, 0.2) is 0 Å². The van der Waals surface area contributed by atoms with Crippen molar-refractivity contribution in [2.24, 2.45) is 5.41 Å². The van der Waals surface area contributed by atoms with Crippen LogP contribution < -0.4 is 10.9 Å². The van der Waals surface area contributed by atoms with Crippen LogP contribution >= 0.6 is 11.6 Å². The van der Waals surface area contributed by atoms with E-state index in [4.69, 9.17) is 16.3 Å². The summed E-state index contributed by atoms with van der Waals surface area (Å²) in [5, 5.41) is 9.41. The molecular formula is C11H16ClN3O2. The first-order chi connectivity index (χ1) is 7.96. The molecule has 1 aromatic heterocycles. The van der Waals surface area contributed by atoms with Crippen molar-refractivity contribution in [3.8, 4) is 0 Å². The molecule has 0 bridgehead atoms. The van der Waals surface area contributed by atoms with E-state index >= 15 is 0 Å². The van der Waals surface area contributed by atoms with Gasteiger partial charge in [0, 0.05) is 18.6 Å². The Morgan fingerprint density at radius 3 is 2.94 bits per heavy atom. The minimum absolute atomic E-state index is 0.0146. The van der Waals surface area contributed by atoms with Crippen LogP contribution in [-0.4, -0.2) is 29.5 Å². The molecule has 2 unspecified atom stereocenters. The van der Waals surface area contributed by atoms with E-state index in [1.165, 1.54) is 6.20 Å². The normalized spacial score (nSPS) is 26.4. The molecule has 0 radical (unpaired) electrons. The number of nitrogens with one attached hydrogen (secondary N) is 2. The molecule has 0 spiro atoms. The molecular weight excluding hydrogens is 242 g/mol. The standard InChI is InChI=1S/C11H16ClN3O2/c1-11(2)7(4-8(11)17-3)14-6-5-13-15-10(16)9(6)12/h5,7-8H,4H2,1-3H3,(H2,14,15,16). The van der Waals surface area contributed by atoms with Crippen molar-refractivity contribution in [1.82, 2.24) is 10.2 Å². The summed E-state index contributed by atoms with van der Waals surface area (Å²) >= 11 is 5.90. The lowest BCUT2D eigenvalue weighted by molar-refractivity contribution is -0.0794. The summed E-state index contributed by atoms with van der Waals surface area (Å²) in [6.07, 6.45) is 2.65. The molecule has 0 saturated heterocycles. The van der Waals surface area contributed by atoms with E-state index in [-0.39, 0.29) is 28.1 Å². The second-order valence-electron chi connectivity index (χ2n) is 4.91. The highest BCUT2D eigenvalue weighted by molar-refractivity contribution is 6.32. The zero-order valence-electron chi connectivity index (χ0n) is 10.1. The Labute approximate surface area is 105 Å². The van der Waals surface area contributed by atoms with Gasteiger partial charge in [0.2, 0.25) is 0 Å². The predicted molar refractivity (Wildman–Crippen MR) is 66.5 cm³/mol. The number of hydrogen-bond acceptors (Lipinski definition) is 4. The Morgan fingerprint density at radius 1 is 1.65 bits per heavy atom. The highest BCUT2D eigenvalue weighted by Crippen LogP contribution is 2.44. The van der Waals surface area contributed by atoms with Crippen LogP contribution in [0.2, 0.25) is 5.02 Å². The van der Waals surface area contributed by atoms with Gasteiger partial charge < -0.3 is 10.1 Å². The number of halogens is 1. The van der Waals surface area contributed by atoms with E-state index in [9.17, 15) is 4.79 Å². The zero-order valence-corrected chi connectivity index (χ0v) is 10.8. The maximum Gasteiger partial charge on any atom is 0.285 e. The third-order valence-electron chi connectivity index (χ3n) is 3.59. The van der Waals surface area contributed by atoms with Crippen LogP contribution in [0.4, 0.5) is 5.69 Å². The lowest BCUT2D eigenvalue weighted by Gasteiger charge is -2.51. The van der Waals surface area contributed by atoms with E-state index in [2.05, 4.69) is 29.4 Å². The van der Waals surface area contributed by atoms with Crippen molar-refractivity contribution in [3.63, 3.8) is 0 Å². The minimum Gasteiger partial charge on any atom is -0.381 e. The van der Waals surface area contributed by atoms with E-state index < -0.39 is 0 Å². The molecule has 0 aromatic carbocycles. The Balaban J connectivity index is 2.13. The van der Waals surface area contributed by atoms with Gasteiger partial charge in [-0.1, -0.05) is 25.4 Å². The molecule has 0 aliphatic heterocycles. The highest BCUT2D eigenvalue weighted by atomic mass is 35.5. The molecule has 6 heteroatoms. The van der Waals surface area contributed by atoms with Crippen molar-refractivity contribution in [2.45, 2.75) is 32.4 Å². The summed E-state index contributed by atoms with van der Waals surface area (Å²) in [7, 11) is 1.71. The third-order valence-corrected chi connectivity index (χ3v) is 3.96. The monoisotopic (exact) mass is 257 g/mol. The molecule has 17 heavy (non-hydrogen) atoms. The van der Waals surface area contributed by atoms with Gasteiger partial charge in [-0.3, -0.25) is 4.79 Å². The lowest BCUT2D eigenvalue weighted by atomic mass is 9.64. The number of ether oxygens (including phenoxy) is 1. The summed E-state index contributed by atoms with van der Waals surface area (Å²) in [6, 6.07) is 0.230. The van der Waals surface area contributed by atoms with Crippen LogP contribution in [0.25, 0.3) is 0 Å². The second kappa shape index (κ2) is 4.31. The van der Waals surface area contributed by atoms with E-state index in [1.807, 2.05) is 0 Å². The summed E-state index contributed by atoms with van der Waals surface area (Å²) in [5.41, 5.74) is 0.209. The molecule has 94 valence electrons. The van der Waals surface area contributed by atoms with Gasteiger partial charge in [-0.25, -0.2) is 5.10 Å². The number of anilines is 1. The predicted octanol–water partition coefficient (Wildman–Crippen LogP) is 1.65. The van der Waals surface area contributed by atoms with Crippen molar-refractivity contribution >= 4 is 17.3 Å². The number of nitrogens with zero attached hydrogens (tertiary/aromatic N) is 1. The zero-order chi connectivity index (χ0) is 12.6. The molecule has 0 amide bonds. The van der Waals surface area contributed by atoms with Crippen LogP contribution in [0.1, 0.15) is 20.3 Å². The number of H-pyrrole nitrogens is 1. The first-order valence-electron chi connectivity index (χ1n) is 5.49. The van der Waals surface area contributed by atoms with Crippen LogP contribution in [0, 0.1) is 5.41 Å². The van der Waals surface area contributed by atoms with E-state index in [1.54, 1.807) is 7.11 Å². The topological polar surface area (TPSA) is 67.0 Å². The van der Waals surface area contributed by atoms with Gasteiger partial charge in [-0.15, -0.1) is 0 Å². The minimum atomic E-state index is -0.378. The largest absolute Gasteiger partial charge is 0.381 e. The van der Waals surface area contributed by atoms with E-state index in [0.29, 0.717) is 5.69 Å². The number of aromatic nitrogens is 2. The maximum atomic E-state index is 11.3. The maximum absolute atomic E-state index is 11.3. The fourth-order valence-corrected chi connectivity index (χ4v) is 2.35. The molecule has 1 aliphatic carbocycles. The SMILES string of the molecule is COC1CC(Nc2cn[nH]c(=O)c2Cl)C1(C)C. The molecule has 1 fully saturated rings. The highest BCUT2D eigenvalue weighted by Gasteiger charge is 2.48. The number of rotatable bonds is 3. The van der Waals surface area contributed by atoms with Crippen molar-refractivity contribution in [3.05, 3.63) is 21.6 Å². The van der Waals surface area contributed by atoms with Gasteiger partial charge in [0.05, 0.1) is 18.0 Å². The Morgan fingerprint density at radius 2 is 2.35 bits per heavy atom. The van der Waals surface area contributed by atoms with Gasteiger partial charge in [-0.05, 0) is 6.42 Å². The van der Waals surface area contributed by atoms with Gasteiger partial charge in [0.1, 0.15) is 5.02 Å². The molecule has 1 saturated carbocycles. The van der Waals surface area contributed by atoms with Crippen LogP contribution in [0.3, 0.4) is 0 Å². The smallest absolute Gasteiger partial charge is 0.285 e. The molecule has 5 nitrogen and oxygen atoms in total. The number of hydrogen-bond donors (Lipinski definition) is 2. The molecule has 1 aromatic rings. The quantitative estimate of drug-likeness (QED) is 0.864. The first-order valence-corrected chi connectivity index (χ1v) is 5.87. The van der Waals surface area contributed by atoms with Crippen molar-refractivity contribution in [1.29, 1.82) is 0 Å². The van der Waals surface area contributed by atoms with E-state index in [0.717, 1.165) is 6.42 Å². The Kier molecular flexibility index (Phi) is 3.14. The van der Waals surface area contributed by atoms with Gasteiger partial charge in [0.25, 0.3) is 5.56 Å². The lowest BCUT2D eigenvalue weighted by Crippen LogP contribution is -2.57. The second-order valence-corrected chi connectivity index (χ2v) is 5.28. The number of aromatic amines is 1. The average Bonchev–Trinajstić information content (AvgIpc) is 2.29. The summed E-state index contributed by atoms with van der Waals surface area (Å²) < 4.78 is 5.37. The third kappa shape index (κ3) is 2.05. The van der Waals surface area contributed by atoms with Gasteiger partial charge in [-0.2, -0.15) is 5.10 Å². The molecule has 1 aliphatic rings. The fourth-order valence-electron chi connectivity index (χ4n) is 2.20. The van der Waals surface area contributed by atoms with Crippen molar-refractivity contribution in [2.75, 3.05) is 12.4 Å². The summed E-state index contributed by atoms with van der Waals surface area (Å²) in [4.78, 5) is 11.3. The van der Waals surface area contributed by atoms with Crippen molar-refractivity contribution < 1.29 is 4.74 Å². The van der Waals surface area contributed by atoms with Crippen LogP contribution in [0.5, 0.6) is 0 Å².